The molecule has 0 amide bonds. The minimum absolute atomic E-state index is 0.0288. The molecular formula is C31H35F3O3S. The summed E-state index contributed by atoms with van der Waals surface area (Å²) in [6, 6.07) is 18.4. The highest BCUT2D eigenvalue weighted by Crippen LogP contribution is 2.68. The van der Waals surface area contributed by atoms with Crippen LogP contribution in [0.4, 0.5) is 13.2 Å². The Labute approximate surface area is 225 Å². The van der Waals surface area contributed by atoms with Crippen molar-refractivity contribution in [3.63, 3.8) is 0 Å². The Balaban J connectivity index is 0.000000374. The quantitative estimate of drug-likeness (QED) is 0.426. The molecule has 2 atom stereocenters. The van der Waals surface area contributed by atoms with E-state index in [1.165, 1.54) is 86.5 Å². The lowest BCUT2D eigenvalue weighted by molar-refractivity contribution is -0.344. The van der Waals surface area contributed by atoms with Gasteiger partial charge in [0.25, 0.3) is 0 Å². The summed E-state index contributed by atoms with van der Waals surface area (Å²) in [5.41, 5.74) is 5.91. The van der Waals surface area contributed by atoms with Crippen molar-refractivity contribution in [2.75, 3.05) is 0 Å². The number of alkyl halides is 3. The van der Waals surface area contributed by atoms with E-state index in [0.717, 1.165) is 12.8 Å². The molecule has 0 radical (unpaired) electrons. The van der Waals surface area contributed by atoms with E-state index in [1.54, 1.807) is 9.81 Å². The highest BCUT2D eigenvalue weighted by atomic mass is 32.2. The number of carboxylic acids is 1. The lowest BCUT2D eigenvalue weighted by Gasteiger charge is -2.38. The molecule has 6 rings (SSSR count). The van der Waals surface area contributed by atoms with Gasteiger partial charge in [0.1, 0.15) is 5.97 Å². The SMILES string of the molecule is O=C([O-])C(F)(F)F.O[C@H]1CCCCCC[C@@H]1C1([S+]2C3=C2CCCCCC3)c2ccccc2-c2ccccc21. The van der Waals surface area contributed by atoms with Crippen LogP contribution in [0.2, 0.25) is 0 Å². The molecule has 2 aromatic carbocycles. The largest absolute Gasteiger partial charge is 0.542 e. The molecule has 0 saturated heterocycles. The Morgan fingerprint density at radius 3 is 1.74 bits per heavy atom. The first-order valence-corrected chi connectivity index (χ1v) is 15.1. The van der Waals surface area contributed by atoms with Gasteiger partial charge in [-0.3, -0.25) is 0 Å². The van der Waals surface area contributed by atoms with E-state index in [1.807, 2.05) is 0 Å². The molecule has 1 aliphatic heterocycles. The van der Waals surface area contributed by atoms with Crippen LogP contribution in [0.5, 0.6) is 0 Å². The first-order valence-electron chi connectivity index (χ1n) is 13.9. The van der Waals surface area contributed by atoms with Gasteiger partial charge in [0, 0.05) is 29.9 Å². The molecule has 0 unspecified atom stereocenters. The molecule has 0 spiro atoms. The third-order valence-electron chi connectivity index (χ3n) is 8.57. The number of benzene rings is 2. The van der Waals surface area contributed by atoms with E-state index in [4.69, 9.17) is 9.90 Å². The molecule has 0 aromatic heterocycles. The molecule has 3 nitrogen and oxygen atoms in total. The van der Waals surface area contributed by atoms with Gasteiger partial charge in [-0.2, -0.15) is 13.2 Å². The van der Waals surface area contributed by atoms with Crippen LogP contribution < -0.4 is 5.11 Å². The van der Waals surface area contributed by atoms with Crippen LogP contribution in [-0.4, -0.2) is 23.4 Å². The number of hydrogen-bond donors (Lipinski definition) is 1. The standard InChI is InChI=1S/C29H35OS.C2HF3O2/c30-26-18-6-2-1-5-17-25(26)29(31-27-19-7-3-4-8-20-28(27)31)23-15-11-9-13-21(23)22-14-10-12-16-24(22)29;3-2(4,5)1(6)7/h9-16,25-26,30H,1-8,17-20H2;(H,6,7)/q+1;/p-1/t25-,26-;/m0./s1. The molecule has 4 aliphatic rings. The Morgan fingerprint density at radius 2 is 1.24 bits per heavy atom. The van der Waals surface area contributed by atoms with Gasteiger partial charge >= 0.3 is 6.18 Å². The van der Waals surface area contributed by atoms with Gasteiger partial charge in [0.05, 0.1) is 17.0 Å². The summed E-state index contributed by atoms with van der Waals surface area (Å²) in [6.45, 7) is 0. The molecule has 204 valence electrons. The van der Waals surface area contributed by atoms with Crippen LogP contribution in [0.3, 0.4) is 0 Å². The Bertz CT molecular complexity index is 1140. The maximum atomic E-state index is 11.7. The fourth-order valence-electron chi connectivity index (χ4n) is 6.95. The monoisotopic (exact) mass is 544 g/mol. The second-order valence-electron chi connectivity index (χ2n) is 10.8. The van der Waals surface area contributed by atoms with E-state index in [2.05, 4.69) is 48.5 Å². The van der Waals surface area contributed by atoms with E-state index in [9.17, 15) is 18.3 Å². The van der Waals surface area contributed by atoms with Gasteiger partial charge < -0.3 is 15.0 Å². The van der Waals surface area contributed by atoms with Crippen LogP contribution in [-0.2, 0) is 20.4 Å². The summed E-state index contributed by atoms with van der Waals surface area (Å²) in [5, 5.41) is 20.4. The summed E-state index contributed by atoms with van der Waals surface area (Å²) < 4.78 is 31.5. The lowest BCUT2D eigenvalue weighted by Crippen LogP contribution is -2.45. The number of carboxylic acid groups (broad SMARTS) is 1. The normalized spacial score (nSPS) is 24.8. The Hall–Kier alpha value is -2.25. The van der Waals surface area contributed by atoms with Gasteiger partial charge in [0.2, 0.25) is 0 Å². The fraction of sp³-hybridized carbons (Fsp3) is 0.516. The van der Waals surface area contributed by atoms with Crippen molar-refractivity contribution < 1.29 is 28.2 Å². The predicted molar refractivity (Wildman–Crippen MR) is 143 cm³/mol. The number of allylic oxidation sites excluding steroid dienone is 2. The Morgan fingerprint density at radius 1 is 0.789 bits per heavy atom. The van der Waals surface area contributed by atoms with E-state index < -0.39 is 12.1 Å². The minimum Gasteiger partial charge on any atom is -0.542 e. The molecule has 2 aromatic rings. The average Bonchev–Trinajstić information content (AvgIpc) is 3.45. The van der Waals surface area contributed by atoms with E-state index in [0.29, 0.717) is 5.92 Å². The van der Waals surface area contributed by atoms with Crippen molar-refractivity contribution in [1.82, 2.24) is 0 Å². The van der Waals surface area contributed by atoms with Gasteiger partial charge in [-0.25, -0.2) is 0 Å². The first-order chi connectivity index (χ1) is 18.3. The second-order valence-corrected chi connectivity index (χ2v) is 13.1. The molecule has 7 heteroatoms. The molecule has 1 fully saturated rings. The fourth-order valence-corrected chi connectivity index (χ4v) is 10.6. The molecule has 3 aliphatic carbocycles. The molecular weight excluding hydrogens is 509 g/mol. The van der Waals surface area contributed by atoms with E-state index >= 15 is 0 Å². The van der Waals surface area contributed by atoms with Gasteiger partial charge in [-0.15, -0.1) is 0 Å². The van der Waals surface area contributed by atoms with Crippen molar-refractivity contribution in [3.05, 3.63) is 69.5 Å². The topological polar surface area (TPSA) is 60.4 Å². The van der Waals surface area contributed by atoms with Crippen molar-refractivity contribution in [1.29, 1.82) is 0 Å². The van der Waals surface area contributed by atoms with Gasteiger partial charge in [-0.05, 0) is 36.8 Å². The molecule has 1 heterocycles. The average molecular weight is 545 g/mol. The van der Waals surface area contributed by atoms with Crippen molar-refractivity contribution in [2.24, 2.45) is 5.92 Å². The number of fused-ring (bicyclic) bond motifs is 3. The summed E-state index contributed by atoms with van der Waals surface area (Å²) in [5.74, 6) is -2.68. The second kappa shape index (κ2) is 11.1. The number of aliphatic hydroxyl groups is 1. The zero-order valence-electron chi connectivity index (χ0n) is 21.6. The highest BCUT2D eigenvalue weighted by molar-refractivity contribution is 8.11. The van der Waals surface area contributed by atoms with Crippen molar-refractivity contribution in [2.45, 2.75) is 94.1 Å². The summed E-state index contributed by atoms with van der Waals surface area (Å²) in [7, 11) is 0.184. The predicted octanol–water partition coefficient (Wildman–Crippen LogP) is 6.74. The zero-order valence-corrected chi connectivity index (χ0v) is 22.4. The number of rotatable bonds is 2. The number of aliphatic hydroxyl groups excluding tert-OH is 1. The van der Waals surface area contributed by atoms with Crippen molar-refractivity contribution >= 4 is 16.9 Å². The van der Waals surface area contributed by atoms with Crippen LogP contribution in [0.15, 0.2) is 58.3 Å². The van der Waals surface area contributed by atoms with Crippen LogP contribution in [0.25, 0.3) is 11.1 Å². The number of hydrogen-bond acceptors (Lipinski definition) is 3. The van der Waals surface area contributed by atoms with Gasteiger partial charge in [0.15, 0.2) is 14.6 Å². The number of carbonyl (C=O) groups is 1. The third kappa shape index (κ3) is 4.92. The van der Waals surface area contributed by atoms with E-state index in [-0.39, 0.29) is 21.7 Å². The maximum absolute atomic E-state index is 11.7. The molecule has 1 N–H and O–H groups in total. The maximum Gasteiger partial charge on any atom is 0.430 e. The van der Waals surface area contributed by atoms with Crippen LogP contribution >= 0.6 is 0 Å². The summed E-state index contributed by atoms with van der Waals surface area (Å²) in [4.78, 5) is 12.4. The first kappa shape index (κ1) is 27.3. The smallest absolute Gasteiger partial charge is 0.430 e. The molecule has 0 bridgehead atoms. The van der Waals surface area contributed by atoms with Crippen LogP contribution in [0.1, 0.15) is 88.2 Å². The third-order valence-corrected chi connectivity index (χ3v) is 11.6. The van der Waals surface area contributed by atoms with Crippen LogP contribution in [0, 0.1) is 5.92 Å². The summed E-state index contributed by atoms with van der Waals surface area (Å²) >= 11 is 0. The zero-order chi connectivity index (χ0) is 26.9. The molecule has 1 saturated carbocycles. The highest BCUT2D eigenvalue weighted by Gasteiger charge is 2.71. The minimum atomic E-state index is -5.19. The number of aliphatic carboxylic acids is 1. The number of halogens is 3. The van der Waals surface area contributed by atoms with Crippen molar-refractivity contribution in [3.8, 4) is 11.1 Å². The Kier molecular flexibility index (Phi) is 7.97. The summed E-state index contributed by atoms with van der Waals surface area (Å²) in [6.07, 6.45) is 9.87. The number of carbonyl (C=O) groups excluding carboxylic acids is 1. The molecule has 38 heavy (non-hydrogen) atoms. The lowest BCUT2D eigenvalue weighted by atomic mass is 9.74. The van der Waals surface area contributed by atoms with Gasteiger partial charge in [-0.1, -0.05) is 87.1 Å².